The molecule has 0 saturated heterocycles. The van der Waals surface area contributed by atoms with Crippen LogP contribution in [0.1, 0.15) is 93.0 Å². The summed E-state index contributed by atoms with van der Waals surface area (Å²) in [6, 6.07) is 20.4. The normalized spacial score (nSPS) is 10.6. The predicted molar refractivity (Wildman–Crippen MR) is 200 cm³/mol. The van der Waals surface area contributed by atoms with Crippen molar-refractivity contribution in [2.75, 3.05) is 7.11 Å². The Bertz CT molecular complexity index is 2020. The molecule has 1 aliphatic rings. The van der Waals surface area contributed by atoms with Crippen molar-refractivity contribution in [2.24, 2.45) is 0 Å². The van der Waals surface area contributed by atoms with E-state index in [-0.39, 0.29) is 39.0 Å². The number of thiocarbonyl (C=S) groups is 1. The Balaban J connectivity index is 0.000000252. The second kappa shape index (κ2) is 20.5. The van der Waals surface area contributed by atoms with E-state index in [0.717, 1.165) is 18.9 Å². The largest absolute Gasteiger partial charge is 0.465 e. The third-order valence-electron chi connectivity index (χ3n) is 6.50. The first kappa shape index (κ1) is 42.8. The highest BCUT2D eigenvalue weighted by Crippen LogP contribution is 2.28. The predicted octanol–water partition coefficient (Wildman–Crippen LogP) is 9.67. The average Bonchev–Trinajstić information content (AvgIpc) is 3.10. The number of carbonyl (C=O) groups is 6. The van der Waals surface area contributed by atoms with Crippen LogP contribution in [0.15, 0.2) is 84.9 Å². The topological polar surface area (TPSA) is 155 Å². The molecule has 0 aromatic heterocycles. The van der Waals surface area contributed by atoms with E-state index >= 15 is 0 Å². The minimum atomic E-state index is -0.811. The van der Waals surface area contributed by atoms with Crippen LogP contribution < -0.4 is 0 Å². The van der Waals surface area contributed by atoms with Gasteiger partial charge in [0.05, 0.1) is 32.5 Å². The van der Waals surface area contributed by atoms with E-state index in [1.807, 2.05) is 0 Å². The first-order valence-electron chi connectivity index (χ1n) is 14.3. The number of benzene rings is 4. The highest BCUT2D eigenvalue weighted by Gasteiger charge is 2.29. The van der Waals surface area contributed by atoms with Crippen LogP contribution in [0.5, 0.6) is 0 Å². The molecule has 0 N–H and O–H groups in total. The van der Waals surface area contributed by atoms with E-state index in [1.54, 1.807) is 24.3 Å². The van der Waals surface area contributed by atoms with Crippen LogP contribution in [0, 0.1) is 10.1 Å². The Kier molecular flexibility index (Phi) is 17.2. The number of non-ortho nitro benzene ring substituents is 1. The van der Waals surface area contributed by atoms with Gasteiger partial charge in [-0.3, -0.25) is 34.1 Å². The van der Waals surface area contributed by atoms with Gasteiger partial charge in [-0.1, -0.05) is 73.0 Å². The average molecular weight is 812 g/mol. The summed E-state index contributed by atoms with van der Waals surface area (Å²) in [5.41, 5.74) is 1.98. The summed E-state index contributed by atoms with van der Waals surface area (Å²) in [4.78, 5) is 77.7. The van der Waals surface area contributed by atoms with E-state index < -0.39 is 26.6 Å². The molecular formula is C35H24Cl5NO9S. The standard InChI is InChI=1S/C15H7ClO3.C9H7ClO3.C7H3Cl2NO3.C4H7ClS/c16-15(19)8-5-6-11-12(7-8)14(18)10-4-2-1-3-9(10)13(11)17;1-13-9(12)7-4-2-6(3-5-7)8(10)11;8-6-2-1-4(10(12)13)3-5(6)7(9)11;1-2-3-4(5)6/h1-7H;2-5H,1H3;1-3H;2-3H2,1H3. The Hall–Kier alpha value is -4.36. The molecule has 0 unspecified atom stereocenters. The number of rotatable bonds is 7. The molecule has 0 atom stereocenters. The fourth-order valence-corrected chi connectivity index (χ4v) is 5.10. The summed E-state index contributed by atoms with van der Waals surface area (Å²) in [6.07, 6.45) is 1.93. The van der Waals surface area contributed by atoms with Crippen LogP contribution in [-0.2, 0) is 4.74 Å². The van der Waals surface area contributed by atoms with E-state index in [0.29, 0.717) is 32.1 Å². The van der Waals surface area contributed by atoms with Gasteiger partial charge in [-0.2, -0.15) is 0 Å². The lowest BCUT2D eigenvalue weighted by Crippen LogP contribution is -2.21. The lowest BCUT2D eigenvalue weighted by Gasteiger charge is -2.17. The Morgan fingerprint density at radius 3 is 1.63 bits per heavy atom. The molecule has 0 bridgehead atoms. The number of ether oxygens (including phenoxy) is 1. The molecule has 4 aromatic rings. The number of nitrogens with zero attached hydrogens (tertiary/aromatic N) is 1. The first-order chi connectivity index (χ1) is 24.0. The Morgan fingerprint density at radius 1 is 0.706 bits per heavy atom. The first-order valence-corrected chi connectivity index (χ1v) is 16.6. The quantitative estimate of drug-likeness (QED) is 0.0510. The third-order valence-corrected chi connectivity index (χ3v) is 7.87. The Labute approximate surface area is 321 Å². The van der Waals surface area contributed by atoms with Gasteiger partial charge in [0, 0.05) is 45.5 Å². The van der Waals surface area contributed by atoms with Crippen LogP contribution in [0.4, 0.5) is 5.69 Å². The Morgan fingerprint density at radius 2 is 1.20 bits per heavy atom. The molecule has 0 fully saturated rings. The second-order valence-corrected chi connectivity index (χ2v) is 12.5. The lowest BCUT2D eigenvalue weighted by atomic mass is 9.83. The van der Waals surface area contributed by atoms with Gasteiger partial charge in [0.1, 0.15) is 0 Å². The number of hydrogen-bond donors (Lipinski definition) is 0. The maximum atomic E-state index is 12.3. The van der Waals surface area contributed by atoms with Crippen molar-refractivity contribution in [1.82, 2.24) is 0 Å². The number of carbonyl (C=O) groups excluding carboxylic acids is 6. The van der Waals surface area contributed by atoms with E-state index in [4.69, 9.17) is 58.0 Å². The SMILES string of the molecule is CCCC(=S)Cl.COC(=O)c1ccc(C(=O)Cl)cc1.O=C(Cl)c1cc([N+](=O)[O-])ccc1Cl.O=C(Cl)c1ccc2c(c1)C(=O)c1ccccc1C2=O. The molecule has 0 spiro atoms. The number of nitro benzene ring substituents is 1. The molecular weight excluding hydrogens is 788 g/mol. The van der Waals surface area contributed by atoms with Crippen molar-refractivity contribution in [3.63, 3.8) is 0 Å². The molecule has 16 heteroatoms. The molecule has 0 saturated carbocycles. The van der Waals surface area contributed by atoms with Crippen molar-refractivity contribution < 1.29 is 38.4 Å². The zero-order chi connectivity index (χ0) is 38.4. The van der Waals surface area contributed by atoms with E-state index in [1.165, 1.54) is 61.7 Å². The molecule has 1 aliphatic carbocycles. The van der Waals surface area contributed by atoms with Gasteiger partial charge in [-0.15, -0.1) is 0 Å². The summed E-state index contributed by atoms with van der Waals surface area (Å²) >= 11 is 31.2. The van der Waals surface area contributed by atoms with Gasteiger partial charge in [0.15, 0.2) is 11.6 Å². The van der Waals surface area contributed by atoms with Crippen molar-refractivity contribution in [3.8, 4) is 0 Å². The monoisotopic (exact) mass is 809 g/mol. The summed E-state index contributed by atoms with van der Waals surface area (Å²) < 4.78 is 5.07. The fourth-order valence-electron chi connectivity index (χ4n) is 4.05. The van der Waals surface area contributed by atoms with E-state index in [9.17, 15) is 38.9 Å². The minimum Gasteiger partial charge on any atom is -0.465 e. The van der Waals surface area contributed by atoms with Crippen molar-refractivity contribution in [3.05, 3.63) is 145 Å². The number of hydrogen-bond acceptors (Lipinski definition) is 10. The highest BCUT2D eigenvalue weighted by molar-refractivity contribution is 7.83. The molecule has 5 rings (SSSR count). The lowest BCUT2D eigenvalue weighted by molar-refractivity contribution is -0.384. The van der Waals surface area contributed by atoms with Gasteiger partial charge in [0.25, 0.3) is 21.4 Å². The maximum Gasteiger partial charge on any atom is 0.337 e. The minimum absolute atomic E-state index is 0.0578. The maximum absolute atomic E-state index is 12.3. The molecule has 51 heavy (non-hydrogen) atoms. The third kappa shape index (κ3) is 12.4. The van der Waals surface area contributed by atoms with Crippen LogP contribution in [-0.4, -0.2) is 49.6 Å². The summed E-state index contributed by atoms with van der Waals surface area (Å²) in [6.45, 7) is 2.05. The number of fused-ring (bicyclic) bond motifs is 2. The van der Waals surface area contributed by atoms with E-state index in [2.05, 4.69) is 23.9 Å². The zero-order valence-electron chi connectivity index (χ0n) is 26.4. The highest BCUT2D eigenvalue weighted by atomic mass is 35.5. The number of nitro groups is 1. The van der Waals surface area contributed by atoms with Gasteiger partial charge in [-0.05, 0) is 89.8 Å². The van der Waals surface area contributed by atoms with Crippen LogP contribution >= 0.6 is 70.2 Å². The van der Waals surface area contributed by atoms with Crippen molar-refractivity contribution in [2.45, 2.75) is 19.8 Å². The molecule has 4 aromatic carbocycles. The van der Waals surface area contributed by atoms with Gasteiger partial charge < -0.3 is 4.74 Å². The van der Waals surface area contributed by atoms with Crippen molar-refractivity contribution in [1.29, 1.82) is 0 Å². The second-order valence-electron chi connectivity index (χ2n) is 9.88. The van der Waals surface area contributed by atoms with Crippen LogP contribution in [0.3, 0.4) is 0 Å². The summed E-state index contributed by atoms with van der Waals surface area (Å²) in [5, 5.41) is 8.39. The molecule has 0 heterocycles. The molecule has 0 radical (unpaired) electrons. The molecule has 0 aliphatic heterocycles. The van der Waals surface area contributed by atoms with Crippen LogP contribution in [0.2, 0.25) is 5.02 Å². The molecule has 10 nitrogen and oxygen atoms in total. The van der Waals surface area contributed by atoms with Crippen molar-refractivity contribution >= 4 is 113 Å². The summed E-state index contributed by atoms with van der Waals surface area (Å²) in [5.74, 6) is -0.905. The smallest absolute Gasteiger partial charge is 0.337 e. The zero-order valence-corrected chi connectivity index (χ0v) is 31.0. The summed E-state index contributed by atoms with van der Waals surface area (Å²) in [7, 11) is 1.29. The number of methoxy groups -OCH3 is 1. The molecule has 0 amide bonds. The number of esters is 1. The van der Waals surface area contributed by atoms with Crippen LogP contribution in [0.25, 0.3) is 0 Å². The van der Waals surface area contributed by atoms with Gasteiger partial charge in [0.2, 0.25) is 0 Å². The number of halogens is 5. The molecule has 264 valence electrons. The van der Waals surface area contributed by atoms with Gasteiger partial charge in [-0.25, -0.2) is 4.79 Å². The number of ketones is 2. The van der Waals surface area contributed by atoms with Gasteiger partial charge >= 0.3 is 5.97 Å². The fraction of sp³-hybridized carbons (Fsp3) is 0.114.